The first-order chi connectivity index (χ1) is 3.39. The SMILES string of the molecule is Cc1cc[c]cc1.[Co]. The van der Waals surface area contributed by atoms with Gasteiger partial charge in [-0.2, -0.15) is 0 Å². The predicted molar refractivity (Wildman–Crippen MR) is 30.0 cm³/mol. The van der Waals surface area contributed by atoms with Crippen molar-refractivity contribution in [3.63, 3.8) is 0 Å². The van der Waals surface area contributed by atoms with Crippen molar-refractivity contribution in [2.24, 2.45) is 0 Å². The van der Waals surface area contributed by atoms with Crippen LogP contribution in [0.15, 0.2) is 24.3 Å². The third-order valence-corrected chi connectivity index (χ3v) is 0.885. The summed E-state index contributed by atoms with van der Waals surface area (Å²) in [6, 6.07) is 10.8. The van der Waals surface area contributed by atoms with E-state index >= 15 is 0 Å². The molecular formula is C7H7Co. The molecule has 0 aliphatic rings. The van der Waals surface area contributed by atoms with Crippen LogP contribution < -0.4 is 0 Å². The topological polar surface area (TPSA) is 0 Å². The molecule has 2 radical (unpaired) electrons. The van der Waals surface area contributed by atoms with Gasteiger partial charge in [-0.25, -0.2) is 0 Å². The van der Waals surface area contributed by atoms with Crippen LogP contribution in [-0.4, -0.2) is 0 Å². The summed E-state index contributed by atoms with van der Waals surface area (Å²) in [5, 5.41) is 0. The van der Waals surface area contributed by atoms with Crippen molar-refractivity contribution >= 4 is 0 Å². The van der Waals surface area contributed by atoms with Gasteiger partial charge in [-0.15, -0.1) is 0 Å². The van der Waals surface area contributed by atoms with Crippen LogP contribution in [0.2, 0.25) is 0 Å². The van der Waals surface area contributed by atoms with E-state index in [-0.39, 0.29) is 16.8 Å². The Morgan fingerprint density at radius 1 is 1.25 bits per heavy atom. The molecule has 0 N–H and O–H groups in total. The van der Waals surface area contributed by atoms with Crippen molar-refractivity contribution in [1.82, 2.24) is 0 Å². The van der Waals surface area contributed by atoms with Gasteiger partial charge in [0.1, 0.15) is 0 Å². The average molecular weight is 150 g/mol. The summed E-state index contributed by atoms with van der Waals surface area (Å²) < 4.78 is 0. The fourth-order valence-corrected chi connectivity index (χ4v) is 0.470. The van der Waals surface area contributed by atoms with Crippen molar-refractivity contribution in [1.29, 1.82) is 0 Å². The molecular weight excluding hydrogens is 143 g/mol. The summed E-state index contributed by atoms with van der Waals surface area (Å²) in [5.74, 6) is 0. The third kappa shape index (κ3) is 2.14. The first-order valence-corrected chi connectivity index (χ1v) is 2.32. The smallest absolute Gasteiger partial charge is 0 e. The van der Waals surface area contributed by atoms with Gasteiger partial charge in [0, 0.05) is 16.8 Å². The standard InChI is InChI=1S/C7H7.Co/c1-7-5-3-2-4-6-7;/h3-6H,1H3;. The maximum Gasteiger partial charge on any atom is 0 e. The second-order valence-corrected chi connectivity index (χ2v) is 1.58. The third-order valence-electron chi connectivity index (χ3n) is 0.885. The monoisotopic (exact) mass is 150 g/mol. The zero-order valence-electron chi connectivity index (χ0n) is 4.64. The minimum atomic E-state index is 0. The van der Waals surface area contributed by atoms with E-state index in [2.05, 4.69) is 13.0 Å². The summed E-state index contributed by atoms with van der Waals surface area (Å²) in [5.41, 5.74) is 1.29. The molecule has 0 atom stereocenters. The minimum Gasteiger partial charge on any atom is -0.0587 e. The first-order valence-electron chi connectivity index (χ1n) is 2.32. The number of benzene rings is 1. The van der Waals surface area contributed by atoms with Gasteiger partial charge >= 0.3 is 0 Å². The van der Waals surface area contributed by atoms with Crippen LogP contribution in [0, 0.1) is 13.0 Å². The zero-order chi connectivity index (χ0) is 5.11. The van der Waals surface area contributed by atoms with Crippen LogP contribution in [0.25, 0.3) is 0 Å². The molecule has 0 saturated carbocycles. The van der Waals surface area contributed by atoms with E-state index in [9.17, 15) is 0 Å². The average Bonchev–Trinajstić information content (AvgIpc) is 1.69. The van der Waals surface area contributed by atoms with Crippen molar-refractivity contribution in [2.45, 2.75) is 6.92 Å². The Balaban J connectivity index is 0.000000490. The molecule has 0 fully saturated rings. The second-order valence-electron chi connectivity index (χ2n) is 1.58. The molecule has 0 heterocycles. The van der Waals surface area contributed by atoms with Crippen LogP contribution in [0.5, 0.6) is 0 Å². The van der Waals surface area contributed by atoms with Crippen LogP contribution in [0.4, 0.5) is 0 Å². The van der Waals surface area contributed by atoms with Gasteiger partial charge in [-0.1, -0.05) is 29.8 Å². The molecule has 1 heteroatoms. The van der Waals surface area contributed by atoms with Gasteiger partial charge < -0.3 is 0 Å². The van der Waals surface area contributed by atoms with Crippen LogP contribution in [0.1, 0.15) is 5.56 Å². The Kier molecular flexibility index (Phi) is 3.57. The normalized spacial score (nSPS) is 7.62. The Labute approximate surface area is 60.1 Å². The molecule has 44 valence electrons. The minimum absolute atomic E-state index is 0. The van der Waals surface area contributed by atoms with Crippen molar-refractivity contribution in [3.05, 3.63) is 35.9 Å². The van der Waals surface area contributed by atoms with Gasteiger partial charge in [-0.05, 0) is 13.0 Å². The number of rotatable bonds is 0. The Bertz CT molecular complexity index is 134. The summed E-state index contributed by atoms with van der Waals surface area (Å²) in [6.45, 7) is 2.06. The molecule has 8 heavy (non-hydrogen) atoms. The molecule has 1 aromatic carbocycles. The van der Waals surface area contributed by atoms with Crippen LogP contribution in [0.3, 0.4) is 0 Å². The maximum absolute atomic E-state index is 2.93. The van der Waals surface area contributed by atoms with E-state index < -0.39 is 0 Å². The molecule has 1 aromatic rings. The molecule has 0 spiro atoms. The quantitative estimate of drug-likeness (QED) is 0.528. The van der Waals surface area contributed by atoms with E-state index in [1.54, 1.807) is 0 Å². The molecule has 0 saturated heterocycles. The van der Waals surface area contributed by atoms with E-state index in [0.29, 0.717) is 0 Å². The molecule has 1 rings (SSSR count). The van der Waals surface area contributed by atoms with E-state index in [4.69, 9.17) is 0 Å². The zero-order valence-corrected chi connectivity index (χ0v) is 5.68. The molecule has 0 aromatic heterocycles. The molecule has 0 aliphatic carbocycles. The molecule has 0 nitrogen and oxygen atoms in total. The van der Waals surface area contributed by atoms with Gasteiger partial charge in [0.05, 0.1) is 0 Å². The Morgan fingerprint density at radius 2 is 1.75 bits per heavy atom. The van der Waals surface area contributed by atoms with Crippen LogP contribution in [-0.2, 0) is 16.8 Å². The summed E-state index contributed by atoms with van der Waals surface area (Å²) in [7, 11) is 0. The fraction of sp³-hybridized carbons (Fsp3) is 0.143. The summed E-state index contributed by atoms with van der Waals surface area (Å²) >= 11 is 0. The molecule has 0 amide bonds. The Morgan fingerprint density at radius 3 is 2.00 bits per heavy atom. The molecule has 0 aliphatic heterocycles. The van der Waals surface area contributed by atoms with Crippen molar-refractivity contribution in [3.8, 4) is 0 Å². The Hall–Kier alpha value is -0.274. The van der Waals surface area contributed by atoms with Crippen LogP contribution >= 0.6 is 0 Å². The van der Waals surface area contributed by atoms with E-state index in [0.717, 1.165) is 0 Å². The predicted octanol–water partition coefficient (Wildman–Crippen LogP) is 1.79. The fourth-order valence-electron chi connectivity index (χ4n) is 0.470. The molecule has 0 unspecified atom stereocenters. The van der Waals surface area contributed by atoms with Crippen molar-refractivity contribution in [2.75, 3.05) is 0 Å². The first kappa shape index (κ1) is 7.73. The van der Waals surface area contributed by atoms with Gasteiger partial charge in [-0.3, -0.25) is 0 Å². The molecule has 0 bridgehead atoms. The maximum atomic E-state index is 2.93. The number of aryl methyl sites for hydroxylation is 1. The summed E-state index contributed by atoms with van der Waals surface area (Å²) in [6.07, 6.45) is 0. The van der Waals surface area contributed by atoms with Gasteiger partial charge in [0.25, 0.3) is 0 Å². The summed E-state index contributed by atoms with van der Waals surface area (Å²) in [4.78, 5) is 0. The van der Waals surface area contributed by atoms with Gasteiger partial charge in [0.15, 0.2) is 0 Å². The van der Waals surface area contributed by atoms with E-state index in [1.807, 2.05) is 24.3 Å². The number of hydrogen-bond donors (Lipinski definition) is 0. The largest absolute Gasteiger partial charge is 0.0587 e. The number of hydrogen-bond acceptors (Lipinski definition) is 0. The van der Waals surface area contributed by atoms with Gasteiger partial charge in [0.2, 0.25) is 0 Å². The van der Waals surface area contributed by atoms with Crippen molar-refractivity contribution < 1.29 is 16.8 Å². The second kappa shape index (κ2) is 3.69. The van der Waals surface area contributed by atoms with E-state index in [1.165, 1.54) is 5.56 Å².